The minimum absolute atomic E-state index is 0.0307. The molecule has 0 aromatic heterocycles. The molecule has 2 aromatic rings. The molecule has 9 heteroatoms. The molecule has 34 heavy (non-hydrogen) atoms. The molecule has 1 atom stereocenters. The molecule has 1 unspecified atom stereocenters. The van der Waals surface area contributed by atoms with Crippen LogP contribution in [0.15, 0.2) is 63.5 Å². The Morgan fingerprint density at radius 3 is 2.68 bits per heavy atom. The van der Waals surface area contributed by atoms with E-state index < -0.39 is 17.3 Å². The van der Waals surface area contributed by atoms with Crippen LogP contribution >= 0.6 is 27.5 Å². The summed E-state index contributed by atoms with van der Waals surface area (Å²) in [7, 11) is 1.23. The number of hydrogen-bond donors (Lipinski definition) is 2. The Morgan fingerprint density at radius 1 is 1.21 bits per heavy atom. The number of carbonyl (C=O) groups excluding carboxylic acids is 3. The second-order valence-corrected chi connectivity index (χ2v) is 9.84. The fourth-order valence-corrected chi connectivity index (χ4v) is 5.73. The Morgan fingerprint density at radius 2 is 1.97 bits per heavy atom. The van der Waals surface area contributed by atoms with Crippen molar-refractivity contribution in [1.29, 1.82) is 0 Å². The van der Waals surface area contributed by atoms with Gasteiger partial charge in [-0.3, -0.25) is 14.5 Å². The number of hydrogen-bond acceptors (Lipinski definition) is 6. The first-order valence-electron chi connectivity index (χ1n) is 10.7. The fraction of sp³-hybridized carbons (Fsp3) is 0.240. The number of carbonyl (C=O) groups is 3. The van der Waals surface area contributed by atoms with E-state index in [0.717, 1.165) is 5.56 Å². The number of fused-ring (bicyclic) bond motifs is 3. The van der Waals surface area contributed by atoms with E-state index in [-0.39, 0.29) is 29.2 Å². The maximum absolute atomic E-state index is 13.8. The van der Waals surface area contributed by atoms with Crippen LogP contribution < -0.4 is 16.0 Å². The van der Waals surface area contributed by atoms with Crippen molar-refractivity contribution >= 4 is 56.6 Å². The fourth-order valence-electron chi connectivity index (χ4n) is 5.20. The van der Waals surface area contributed by atoms with Gasteiger partial charge in [-0.15, -0.1) is 0 Å². The predicted octanol–water partition coefficient (Wildman–Crippen LogP) is 4.47. The highest BCUT2D eigenvalue weighted by Gasteiger charge is 2.62. The van der Waals surface area contributed by atoms with E-state index in [4.69, 9.17) is 22.1 Å². The third-order valence-corrected chi connectivity index (χ3v) is 7.58. The van der Waals surface area contributed by atoms with Crippen LogP contribution in [0.4, 0.5) is 11.4 Å². The highest BCUT2D eigenvalue weighted by atomic mass is 79.9. The molecule has 174 valence electrons. The van der Waals surface area contributed by atoms with Gasteiger partial charge in [-0.1, -0.05) is 33.6 Å². The monoisotopic (exact) mass is 541 g/mol. The largest absolute Gasteiger partial charge is 0.466 e. The van der Waals surface area contributed by atoms with Crippen LogP contribution in [0.5, 0.6) is 0 Å². The van der Waals surface area contributed by atoms with Crippen LogP contribution in [0.25, 0.3) is 0 Å². The van der Waals surface area contributed by atoms with Gasteiger partial charge in [0.1, 0.15) is 16.8 Å². The number of nitrogens with zero attached hydrogens (tertiary/aromatic N) is 1. The summed E-state index contributed by atoms with van der Waals surface area (Å²) in [4.78, 5) is 42.3. The van der Waals surface area contributed by atoms with Crippen LogP contribution in [0.3, 0.4) is 0 Å². The first-order chi connectivity index (χ1) is 16.2. The van der Waals surface area contributed by atoms with E-state index >= 15 is 0 Å². The molecule has 3 N–H and O–H groups in total. The molecule has 2 aromatic carbocycles. The summed E-state index contributed by atoms with van der Waals surface area (Å²) in [5, 5.41) is 3.37. The van der Waals surface area contributed by atoms with Crippen molar-refractivity contribution < 1.29 is 19.1 Å². The van der Waals surface area contributed by atoms with Crippen LogP contribution in [-0.2, 0) is 24.5 Å². The topological polar surface area (TPSA) is 102 Å². The molecule has 7 nitrogen and oxygen atoms in total. The standard InChI is InChI=1S/C25H21BrClN3O4/c1-12-6-8-14(11-16(12)27)30-18-4-3-5-19(31)20(18)25(21(22(30)28)23(32)34-2)15-10-13(26)7-9-17(15)29-24(25)33/h6-11H,3-5,28H2,1-2H3,(H,29,33). The number of methoxy groups -OCH3 is 1. The van der Waals surface area contributed by atoms with E-state index in [1.165, 1.54) is 7.11 Å². The lowest BCUT2D eigenvalue weighted by Gasteiger charge is -2.44. The molecule has 1 aliphatic carbocycles. The number of halogens is 2. The summed E-state index contributed by atoms with van der Waals surface area (Å²) in [6, 6.07) is 10.7. The molecule has 2 heterocycles. The first-order valence-corrected chi connectivity index (χ1v) is 11.9. The van der Waals surface area contributed by atoms with E-state index in [2.05, 4.69) is 21.2 Å². The van der Waals surface area contributed by atoms with Crippen molar-refractivity contribution in [1.82, 2.24) is 0 Å². The Kier molecular flexibility index (Phi) is 5.33. The van der Waals surface area contributed by atoms with Crippen LogP contribution in [0.2, 0.25) is 5.02 Å². The van der Waals surface area contributed by atoms with Gasteiger partial charge in [-0.2, -0.15) is 0 Å². The lowest BCUT2D eigenvalue weighted by Crippen LogP contribution is -2.53. The predicted molar refractivity (Wildman–Crippen MR) is 132 cm³/mol. The second kappa shape index (κ2) is 7.99. The van der Waals surface area contributed by atoms with Gasteiger partial charge in [0.15, 0.2) is 5.78 Å². The van der Waals surface area contributed by atoms with Gasteiger partial charge in [-0.25, -0.2) is 4.79 Å². The second-order valence-electron chi connectivity index (χ2n) is 8.51. The van der Waals surface area contributed by atoms with Gasteiger partial charge in [0.2, 0.25) is 5.91 Å². The Labute approximate surface area is 209 Å². The van der Waals surface area contributed by atoms with Crippen molar-refractivity contribution in [3.63, 3.8) is 0 Å². The van der Waals surface area contributed by atoms with E-state index in [1.54, 1.807) is 29.2 Å². The number of nitrogens with two attached hydrogens (primary N) is 1. The van der Waals surface area contributed by atoms with Gasteiger partial charge >= 0.3 is 5.97 Å². The molecule has 5 rings (SSSR count). The molecule has 0 saturated carbocycles. The minimum Gasteiger partial charge on any atom is -0.466 e. The minimum atomic E-state index is -1.71. The third-order valence-electron chi connectivity index (χ3n) is 6.68. The maximum Gasteiger partial charge on any atom is 0.339 e. The van der Waals surface area contributed by atoms with Gasteiger partial charge < -0.3 is 15.8 Å². The number of anilines is 2. The van der Waals surface area contributed by atoms with Crippen molar-refractivity contribution in [2.75, 3.05) is 17.3 Å². The summed E-state index contributed by atoms with van der Waals surface area (Å²) in [6.07, 6.45) is 1.35. The van der Waals surface area contributed by atoms with Crippen molar-refractivity contribution in [2.24, 2.45) is 5.73 Å². The van der Waals surface area contributed by atoms with Gasteiger partial charge in [0.05, 0.1) is 7.11 Å². The van der Waals surface area contributed by atoms with Crippen LogP contribution in [0.1, 0.15) is 30.4 Å². The molecule has 0 radical (unpaired) electrons. The number of ether oxygens (including phenoxy) is 1. The summed E-state index contributed by atoms with van der Waals surface area (Å²) < 4.78 is 5.82. The highest BCUT2D eigenvalue weighted by molar-refractivity contribution is 9.10. The number of esters is 1. The number of allylic oxidation sites excluding steroid dienone is 1. The van der Waals surface area contributed by atoms with Gasteiger partial charge in [-0.05, 0) is 55.7 Å². The SMILES string of the molecule is COC(=O)C1=C(N)N(c2ccc(C)c(Cl)c2)C2=C(C(=O)CCC2)C12C(=O)Nc1ccc(Br)cc12. The van der Waals surface area contributed by atoms with Crippen LogP contribution in [-0.4, -0.2) is 24.8 Å². The number of nitrogens with one attached hydrogen (secondary N) is 1. The number of ketones is 1. The number of aryl methyl sites for hydroxylation is 1. The molecular weight excluding hydrogens is 522 g/mol. The zero-order valence-electron chi connectivity index (χ0n) is 18.5. The average molecular weight is 543 g/mol. The van der Waals surface area contributed by atoms with Crippen molar-refractivity contribution in [3.05, 3.63) is 79.7 Å². The quantitative estimate of drug-likeness (QED) is 0.543. The van der Waals surface area contributed by atoms with Crippen LogP contribution in [0, 0.1) is 6.92 Å². The van der Waals surface area contributed by atoms with Gasteiger partial charge in [0, 0.05) is 44.1 Å². The lowest BCUT2D eigenvalue weighted by molar-refractivity contribution is -0.138. The molecule has 0 saturated heterocycles. The summed E-state index contributed by atoms with van der Waals surface area (Å²) >= 11 is 9.87. The Hall–Kier alpha value is -3.10. The number of Topliss-reactive ketones (excluding diaryl/α,β-unsaturated/α-hetero) is 1. The number of amides is 1. The first kappa shape index (κ1) is 22.7. The third kappa shape index (κ3) is 2.98. The average Bonchev–Trinajstić information content (AvgIpc) is 3.07. The molecule has 0 fully saturated rings. The molecule has 2 aliphatic heterocycles. The summed E-state index contributed by atoms with van der Waals surface area (Å²) in [6.45, 7) is 1.88. The van der Waals surface area contributed by atoms with Crippen molar-refractivity contribution in [2.45, 2.75) is 31.6 Å². The van der Waals surface area contributed by atoms with Crippen molar-refractivity contribution in [3.8, 4) is 0 Å². The highest BCUT2D eigenvalue weighted by Crippen LogP contribution is 2.56. The molecule has 1 spiro atoms. The van der Waals surface area contributed by atoms with E-state index in [9.17, 15) is 14.4 Å². The zero-order chi connectivity index (χ0) is 24.4. The normalized spacial score (nSPS) is 21.6. The molecule has 3 aliphatic rings. The van der Waals surface area contributed by atoms with E-state index in [0.29, 0.717) is 45.0 Å². The molecule has 0 bridgehead atoms. The maximum atomic E-state index is 13.8. The van der Waals surface area contributed by atoms with Gasteiger partial charge in [0.25, 0.3) is 0 Å². The molecule has 1 amide bonds. The number of rotatable bonds is 2. The number of benzene rings is 2. The summed E-state index contributed by atoms with van der Waals surface area (Å²) in [5.41, 5.74) is 8.21. The smallest absolute Gasteiger partial charge is 0.339 e. The zero-order valence-corrected chi connectivity index (χ0v) is 20.8. The summed E-state index contributed by atoms with van der Waals surface area (Å²) in [5.74, 6) is -1.47. The Bertz CT molecular complexity index is 1370. The Balaban J connectivity index is 1.91. The lowest BCUT2D eigenvalue weighted by atomic mass is 9.63. The van der Waals surface area contributed by atoms with E-state index in [1.807, 2.05) is 19.1 Å². The molecular formula is C25H21BrClN3O4.